The van der Waals surface area contributed by atoms with Gasteiger partial charge in [-0.15, -0.1) is 12.2 Å². The van der Waals surface area contributed by atoms with E-state index in [9.17, 15) is 10.2 Å². The van der Waals surface area contributed by atoms with Gasteiger partial charge in [0.2, 0.25) is 0 Å². The van der Waals surface area contributed by atoms with Crippen molar-refractivity contribution in [2.45, 2.75) is 64.6 Å². The van der Waals surface area contributed by atoms with Gasteiger partial charge in [0.05, 0.1) is 0 Å². The Bertz CT molecular complexity index is 1060. The number of likely N-dealkylation sites (N-methyl/N-ethyl adjacent to an activating group) is 2. The Morgan fingerprint density at radius 1 is 0.676 bits per heavy atom. The molecular weight excluding hydrogens is 420 g/mol. The van der Waals surface area contributed by atoms with Crippen molar-refractivity contribution in [3.63, 3.8) is 0 Å². The maximum absolute atomic E-state index is 13.5. The fourth-order valence-corrected chi connectivity index (χ4v) is 6.45. The summed E-state index contributed by atoms with van der Waals surface area (Å²) < 4.78 is 0. The van der Waals surface area contributed by atoms with Crippen LogP contribution in [0.5, 0.6) is 0 Å². The lowest BCUT2D eigenvalue weighted by atomic mass is 9.66. The van der Waals surface area contributed by atoms with Crippen LogP contribution in [0.1, 0.15) is 52.7 Å². The Balaban J connectivity index is 1.46. The van der Waals surface area contributed by atoms with E-state index in [1.54, 1.807) is 0 Å². The average molecular weight is 457 g/mol. The Morgan fingerprint density at radius 3 is 1.38 bits per heavy atom. The van der Waals surface area contributed by atoms with E-state index >= 15 is 0 Å². The highest BCUT2D eigenvalue weighted by Gasteiger charge is 2.44. The van der Waals surface area contributed by atoms with Crippen LogP contribution in [0.3, 0.4) is 0 Å². The lowest BCUT2D eigenvalue weighted by Gasteiger charge is -2.60. The summed E-state index contributed by atoms with van der Waals surface area (Å²) in [5.74, 6) is -0.997. The van der Waals surface area contributed by atoms with E-state index in [2.05, 4.69) is 99.9 Å². The number of rotatable bonds is 4. The lowest BCUT2D eigenvalue weighted by molar-refractivity contribution is -0.550. The molecule has 0 amide bonds. The molecule has 2 aromatic carbocycles. The third-order valence-corrected chi connectivity index (χ3v) is 8.45. The Kier molecular flexibility index (Phi) is 5.46. The highest BCUT2D eigenvalue weighted by Crippen LogP contribution is 2.51. The van der Waals surface area contributed by atoms with Gasteiger partial charge in [-0.2, -0.15) is 0 Å². The van der Waals surface area contributed by atoms with Gasteiger partial charge >= 0.3 is 0 Å². The van der Waals surface area contributed by atoms with E-state index in [0.717, 1.165) is 24.5 Å². The molecule has 34 heavy (non-hydrogen) atoms. The van der Waals surface area contributed by atoms with Crippen LogP contribution in [-0.2, 0) is 10.8 Å². The number of benzene rings is 2. The molecular formula is C30H36N2O2-2. The highest BCUT2D eigenvalue weighted by molar-refractivity contribution is 5.71. The van der Waals surface area contributed by atoms with Crippen molar-refractivity contribution >= 4 is 11.4 Å². The molecule has 0 spiro atoms. The topological polar surface area (TPSA) is 52.6 Å². The van der Waals surface area contributed by atoms with Crippen LogP contribution < -0.4 is 20.0 Å². The van der Waals surface area contributed by atoms with Crippen LogP contribution in [0.2, 0.25) is 0 Å². The van der Waals surface area contributed by atoms with Crippen molar-refractivity contribution in [3.8, 4) is 0 Å². The molecule has 0 unspecified atom stereocenters. The molecule has 0 aromatic heterocycles. The summed E-state index contributed by atoms with van der Waals surface area (Å²) in [5, 5.41) is 26.9. The summed E-state index contributed by atoms with van der Waals surface area (Å²) in [6.07, 6.45) is 2.19. The maximum atomic E-state index is 13.5. The van der Waals surface area contributed by atoms with Gasteiger partial charge in [0.1, 0.15) is 0 Å². The predicted octanol–water partition coefficient (Wildman–Crippen LogP) is 4.09. The summed E-state index contributed by atoms with van der Waals surface area (Å²) in [4.78, 5) is 4.55. The van der Waals surface area contributed by atoms with Crippen LogP contribution in [0.4, 0.5) is 11.4 Å². The standard InChI is InChI=1S/C30H36N2O2/c1-7-31-23-15-11-9-13-21(23)29(3,4)25(31)17-19-27(33)20(28(19)34)18-26-30(5,6)22-14-10-12-16-24(22)32(26)8-2/h9-20,27-28H,7-8H2,1-6H3/q-2. The molecule has 4 nitrogen and oxygen atoms in total. The molecule has 1 fully saturated rings. The first kappa shape index (κ1) is 23.2. The molecule has 1 saturated carbocycles. The number of fused-ring (bicyclic) bond motifs is 2. The second kappa shape index (κ2) is 8.00. The van der Waals surface area contributed by atoms with Crippen LogP contribution in [0, 0.1) is 11.8 Å². The minimum absolute atomic E-state index is 0.219. The molecule has 0 bridgehead atoms. The number of hydrogen-bond acceptors (Lipinski definition) is 4. The second-order valence-corrected chi connectivity index (χ2v) is 11.0. The summed E-state index contributed by atoms with van der Waals surface area (Å²) in [6, 6.07) is 16.8. The summed E-state index contributed by atoms with van der Waals surface area (Å²) in [7, 11) is 0. The molecule has 0 N–H and O–H groups in total. The van der Waals surface area contributed by atoms with Gasteiger partial charge in [0, 0.05) is 46.7 Å². The van der Waals surface area contributed by atoms with Gasteiger partial charge in [0.25, 0.3) is 0 Å². The van der Waals surface area contributed by atoms with E-state index in [-0.39, 0.29) is 10.8 Å². The van der Waals surface area contributed by atoms with Crippen molar-refractivity contribution in [1.82, 2.24) is 0 Å². The second-order valence-electron chi connectivity index (χ2n) is 11.0. The van der Waals surface area contributed by atoms with E-state index in [1.165, 1.54) is 22.5 Å². The number of nitrogens with zero attached hydrogens (tertiary/aromatic N) is 2. The molecule has 5 rings (SSSR count). The molecule has 0 atom stereocenters. The first-order chi connectivity index (χ1) is 16.1. The van der Waals surface area contributed by atoms with Crippen LogP contribution in [-0.4, -0.2) is 25.3 Å². The first-order valence-corrected chi connectivity index (χ1v) is 12.6. The molecule has 180 valence electrons. The molecule has 0 radical (unpaired) electrons. The fraction of sp³-hybridized carbons (Fsp3) is 0.467. The monoisotopic (exact) mass is 456 g/mol. The quantitative estimate of drug-likeness (QED) is 0.695. The smallest absolute Gasteiger partial charge is 0.0450 e. The number of anilines is 2. The third-order valence-electron chi connectivity index (χ3n) is 8.45. The van der Waals surface area contributed by atoms with E-state index in [1.807, 2.05) is 12.2 Å². The van der Waals surface area contributed by atoms with Crippen LogP contribution >= 0.6 is 0 Å². The van der Waals surface area contributed by atoms with Gasteiger partial charge in [-0.25, -0.2) is 0 Å². The molecule has 0 saturated heterocycles. The Labute approximate surface area is 204 Å². The van der Waals surface area contributed by atoms with Crippen molar-refractivity contribution < 1.29 is 10.2 Å². The molecule has 2 aromatic rings. The normalized spacial score (nSPS) is 31.1. The first-order valence-electron chi connectivity index (χ1n) is 12.6. The predicted molar refractivity (Wildman–Crippen MR) is 136 cm³/mol. The number of para-hydroxylation sites is 2. The van der Waals surface area contributed by atoms with Gasteiger partial charge in [0.15, 0.2) is 0 Å². The lowest BCUT2D eigenvalue weighted by Crippen LogP contribution is -2.66. The van der Waals surface area contributed by atoms with Crippen molar-refractivity contribution in [1.29, 1.82) is 0 Å². The minimum Gasteiger partial charge on any atom is -0.851 e. The summed E-state index contributed by atoms with van der Waals surface area (Å²) in [6.45, 7) is 14.7. The minimum atomic E-state index is -0.918. The molecule has 2 aliphatic heterocycles. The maximum Gasteiger partial charge on any atom is 0.0450 e. The zero-order valence-electron chi connectivity index (χ0n) is 21.2. The molecule has 1 aliphatic carbocycles. The Hall–Kier alpha value is -2.56. The third kappa shape index (κ3) is 3.11. The van der Waals surface area contributed by atoms with Gasteiger partial charge in [-0.3, -0.25) is 0 Å². The zero-order chi connectivity index (χ0) is 24.4. The zero-order valence-corrected chi connectivity index (χ0v) is 21.2. The van der Waals surface area contributed by atoms with Crippen LogP contribution in [0.25, 0.3) is 0 Å². The number of hydrogen-bond donors (Lipinski definition) is 0. The van der Waals surface area contributed by atoms with Gasteiger partial charge in [-0.05, 0) is 48.9 Å². The number of allylic oxidation sites excluding steroid dienone is 2. The van der Waals surface area contributed by atoms with E-state index in [4.69, 9.17) is 0 Å². The fourth-order valence-electron chi connectivity index (χ4n) is 6.45. The van der Waals surface area contributed by atoms with Gasteiger partial charge in [-0.1, -0.05) is 76.2 Å². The molecule has 2 heterocycles. The van der Waals surface area contributed by atoms with Gasteiger partial charge < -0.3 is 20.0 Å². The SMILES string of the molecule is CCN1C(=CC2C([O-])C(C=C3N(CC)c4ccccc4C3(C)C)C2[O-])C(C)(C)c2ccccc21. The van der Waals surface area contributed by atoms with E-state index < -0.39 is 24.0 Å². The largest absolute Gasteiger partial charge is 0.851 e. The summed E-state index contributed by atoms with van der Waals surface area (Å²) >= 11 is 0. The van der Waals surface area contributed by atoms with E-state index in [0.29, 0.717) is 0 Å². The van der Waals surface area contributed by atoms with Crippen molar-refractivity contribution in [3.05, 3.63) is 83.2 Å². The Morgan fingerprint density at radius 2 is 1.03 bits per heavy atom. The summed E-state index contributed by atoms with van der Waals surface area (Å²) in [5.41, 5.74) is 6.65. The molecule has 4 heteroatoms. The van der Waals surface area contributed by atoms with Crippen LogP contribution in [0.15, 0.2) is 72.1 Å². The van der Waals surface area contributed by atoms with Crippen molar-refractivity contribution in [2.75, 3.05) is 22.9 Å². The average Bonchev–Trinajstić information content (AvgIpc) is 3.19. The van der Waals surface area contributed by atoms with Crippen molar-refractivity contribution in [2.24, 2.45) is 11.8 Å². The highest BCUT2D eigenvalue weighted by atomic mass is 16.3. The molecule has 3 aliphatic rings.